The molecule has 0 fully saturated rings. The largest absolute Gasteiger partial charge is 0.269 e. The normalized spacial score (nSPS) is 11.2. The smallest absolute Gasteiger partial charge is 0.0269 e. The van der Waals surface area contributed by atoms with Crippen molar-refractivity contribution in [2.45, 2.75) is 6.92 Å². The van der Waals surface area contributed by atoms with E-state index in [0.29, 0.717) is 0 Å². The fraction of sp³-hybridized carbons (Fsp3) is 0.0833. The van der Waals surface area contributed by atoms with E-state index >= 15 is 0 Å². The number of nitrogens with zero attached hydrogens (tertiary/aromatic N) is 1. The van der Waals surface area contributed by atoms with Crippen LogP contribution in [-0.2, 0) is 0 Å². The minimum Gasteiger partial charge on any atom is -0.269 e. The van der Waals surface area contributed by atoms with E-state index in [1.165, 1.54) is 0 Å². The summed E-state index contributed by atoms with van der Waals surface area (Å²) >= 11 is 0. The van der Waals surface area contributed by atoms with Crippen molar-refractivity contribution in [1.82, 2.24) is 0 Å². The molecular formula is C12H13N. The molecule has 0 heterocycles. The highest BCUT2D eigenvalue weighted by molar-refractivity contribution is 5.65. The van der Waals surface area contributed by atoms with Gasteiger partial charge in [-0.15, -0.1) is 0 Å². The highest BCUT2D eigenvalue weighted by atomic mass is 14.6. The minimum absolute atomic E-state index is 1.13. The molecule has 1 rings (SSSR count). The Labute approximate surface area is 79.1 Å². The fourth-order valence-electron chi connectivity index (χ4n) is 1.06. The quantitative estimate of drug-likeness (QED) is 0.618. The lowest BCUT2D eigenvalue weighted by atomic mass is 10.1. The molecule has 13 heavy (non-hydrogen) atoms. The summed E-state index contributed by atoms with van der Waals surface area (Å²) in [4.78, 5) is 4.00. The molecule has 1 nitrogen and oxygen atoms in total. The molecule has 1 aromatic carbocycles. The van der Waals surface area contributed by atoms with Gasteiger partial charge in [-0.05, 0) is 24.1 Å². The molecule has 66 valence electrons. The van der Waals surface area contributed by atoms with Gasteiger partial charge in [0, 0.05) is 12.4 Å². The lowest BCUT2D eigenvalue weighted by Crippen LogP contribution is -1.77. The van der Waals surface area contributed by atoms with E-state index in [-0.39, 0.29) is 0 Å². The van der Waals surface area contributed by atoms with Gasteiger partial charge in [0.25, 0.3) is 0 Å². The van der Waals surface area contributed by atoms with Gasteiger partial charge in [0.15, 0.2) is 0 Å². The first-order chi connectivity index (χ1) is 6.38. The number of hydrogen-bond acceptors (Lipinski definition) is 1. The Morgan fingerprint density at radius 3 is 2.54 bits per heavy atom. The molecule has 0 amide bonds. The summed E-state index contributed by atoms with van der Waals surface area (Å²) < 4.78 is 0. The van der Waals surface area contributed by atoms with Crippen LogP contribution < -0.4 is 0 Å². The molecule has 0 spiro atoms. The van der Waals surface area contributed by atoms with Gasteiger partial charge in [-0.25, -0.2) is 0 Å². The molecule has 0 saturated heterocycles. The fourth-order valence-corrected chi connectivity index (χ4v) is 1.06. The van der Waals surface area contributed by atoms with Gasteiger partial charge in [-0.3, -0.25) is 4.99 Å². The molecule has 0 radical (unpaired) electrons. The second-order valence-corrected chi connectivity index (χ2v) is 2.56. The van der Waals surface area contributed by atoms with Crippen LogP contribution in [0.3, 0.4) is 0 Å². The second kappa shape index (κ2) is 5.09. The summed E-state index contributed by atoms with van der Waals surface area (Å²) in [6.45, 7) is 5.64. The molecule has 0 aliphatic carbocycles. The van der Waals surface area contributed by atoms with Crippen LogP contribution in [0.4, 0.5) is 0 Å². The summed E-state index contributed by atoms with van der Waals surface area (Å²) in [6.07, 6.45) is 7.35. The van der Waals surface area contributed by atoms with E-state index in [0.717, 1.165) is 11.1 Å². The van der Waals surface area contributed by atoms with Gasteiger partial charge in [-0.1, -0.05) is 36.9 Å². The van der Waals surface area contributed by atoms with Crippen LogP contribution in [0.5, 0.6) is 0 Å². The van der Waals surface area contributed by atoms with Crippen LogP contribution in [0.25, 0.3) is 12.2 Å². The van der Waals surface area contributed by atoms with Crippen molar-refractivity contribution in [1.29, 1.82) is 0 Å². The Morgan fingerprint density at radius 2 is 1.92 bits per heavy atom. The molecule has 0 aromatic heterocycles. The topological polar surface area (TPSA) is 12.4 Å². The molecule has 0 N–H and O–H groups in total. The molecular weight excluding hydrogens is 158 g/mol. The van der Waals surface area contributed by atoms with Crippen molar-refractivity contribution in [3.63, 3.8) is 0 Å². The van der Waals surface area contributed by atoms with Gasteiger partial charge in [0.05, 0.1) is 0 Å². The first-order valence-electron chi connectivity index (χ1n) is 4.24. The number of hydrogen-bond donors (Lipinski definition) is 0. The van der Waals surface area contributed by atoms with Gasteiger partial charge in [0.2, 0.25) is 0 Å². The van der Waals surface area contributed by atoms with Gasteiger partial charge in [-0.2, -0.15) is 0 Å². The molecule has 1 heteroatoms. The first kappa shape index (κ1) is 9.46. The maximum absolute atomic E-state index is 4.00. The van der Waals surface area contributed by atoms with Crippen LogP contribution in [0.1, 0.15) is 18.1 Å². The molecule has 0 aliphatic rings. The van der Waals surface area contributed by atoms with Crippen molar-refractivity contribution < 1.29 is 0 Å². The minimum atomic E-state index is 1.13. The van der Waals surface area contributed by atoms with Crippen molar-refractivity contribution in [2.24, 2.45) is 4.99 Å². The Kier molecular flexibility index (Phi) is 3.71. The van der Waals surface area contributed by atoms with Crippen molar-refractivity contribution in [3.8, 4) is 0 Å². The van der Waals surface area contributed by atoms with Gasteiger partial charge >= 0.3 is 0 Å². The van der Waals surface area contributed by atoms with Gasteiger partial charge < -0.3 is 0 Å². The summed E-state index contributed by atoms with van der Waals surface area (Å²) in [5.74, 6) is 0. The zero-order valence-electron chi connectivity index (χ0n) is 7.77. The van der Waals surface area contributed by atoms with Crippen LogP contribution in [-0.4, -0.2) is 6.21 Å². The maximum atomic E-state index is 4.00. The maximum Gasteiger partial charge on any atom is 0.0269 e. The van der Waals surface area contributed by atoms with E-state index in [4.69, 9.17) is 0 Å². The SMILES string of the molecule is C=Cc1ccccc1/C=C\N=CC. The third-order valence-corrected chi connectivity index (χ3v) is 1.71. The summed E-state index contributed by atoms with van der Waals surface area (Å²) in [5, 5.41) is 0. The zero-order valence-corrected chi connectivity index (χ0v) is 7.77. The summed E-state index contributed by atoms with van der Waals surface area (Å²) in [7, 11) is 0. The molecule has 0 saturated carbocycles. The number of benzene rings is 1. The Morgan fingerprint density at radius 1 is 1.23 bits per heavy atom. The zero-order chi connectivity index (χ0) is 9.52. The van der Waals surface area contributed by atoms with Crippen LogP contribution >= 0.6 is 0 Å². The van der Waals surface area contributed by atoms with Crippen molar-refractivity contribution in [3.05, 3.63) is 48.2 Å². The summed E-state index contributed by atoms with van der Waals surface area (Å²) in [5.41, 5.74) is 2.27. The highest BCUT2D eigenvalue weighted by Gasteiger charge is 1.91. The monoisotopic (exact) mass is 171 g/mol. The molecule has 0 bridgehead atoms. The third-order valence-electron chi connectivity index (χ3n) is 1.71. The van der Waals surface area contributed by atoms with Crippen molar-refractivity contribution >= 4 is 18.4 Å². The average Bonchev–Trinajstić information content (AvgIpc) is 2.19. The number of rotatable bonds is 3. The Bertz CT molecular complexity index is 335. The molecule has 0 unspecified atom stereocenters. The van der Waals surface area contributed by atoms with E-state index in [2.05, 4.69) is 11.6 Å². The molecule has 1 aromatic rings. The van der Waals surface area contributed by atoms with Crippen LogP contribution in [0.15, 0.2) is 42.0 Å². The van der Waals surface area contributed by atoms with E-state index in [1.54, 1.807) is 12.4 Å². The first-order valence-corrected chi connectivity index (χ1v) is 4.24. The standard InChI is InChI=1S/C12H13N/c1-3-11-7-5-6-8-12(11)9-10-13-4-2/h3-10H,1H2,2H3/b10-9-,13-4?. The van der Waals surface area contributed by atoms with Gasteiger partial charge in [0.1, 0.15) is 0 Å². The molecule has 0 aliphatic heterocycles. The second-order valence-electron chi connectivity index (χ2n) is 2.56. The predicted molar refractivity (Wildman–Crippen MR) is 59.7 cm³/mol. The number of aliphatic imine (C=N–C) groups is 1. The molecule has 0 atom stereocenters. The lowest BCUT2D eigenvalue weighted by molar-refractivity contribution is 1.56. The van der Waals surface area contributed by atoms with Crippen LogP contribution in [0.2, 0.25) is 0 Å². The third kappa shape index (κ3) is 2.71. The van der Waals surface area contributed by atoms with Crippen molar-refractivity contribution in [2.75, 3.05) is 0 Å². The predicted octanol–water partition coefficient (Wildman–Crippen LogP) is 3.39. The van der Waals surface area contributed by atoms with E-state index < -0.39 is 0 Å². The van der Waals surface area contributed by atoms with E-state index in [9.17, 15) is 0 Å². The average molecular weight is 171 g/mol. The highest BCUT2D eigenvalue weighted by Crippen LogP contribution is 2.11. The Hall–Kier alpha value is -1.63. The van der Waals surface area contributed by atoms with Crippen LogP contribution in [0, 0.1) is 0 Å². The lowest BCUT2D eigenvalue weighted by Gasteiger charge is -1.97. The van der Waals surface area contributed by atoms with E-state index in [1.807, 2.05) is 43.3 Å². The summed E-state index contributed by atoms with van der Waals surface area (Å²) in [6, 6.07) is 8.07. The Balaban J connectivity index is 2.93.